The Labute approximate surface area is 89.9 Å². The quantitative estimate of drug-likeness (QED) is 0.775. The van der Waals surface area contributed by atoms with Crippen LogP contribution in [0, 0.1) is 11.6 Å². The number of anilines is 1. The fourth-order valence-electron chi connectivity index (χ4n) is 1.43. The molecule has 0 fully saturated rings. The lowest BCUT2D eigenvalue weighted by Gasteiger charge is -2.05. The zero-order valence-corrected chi connectivity index (χ0v) is 8.41. The number of aryl methyl sites for hydroxylation is 1. The molecule has 84 valence electrons. The van der Waals surface area contributed by atoms with Gasteiger partial charge in [-0.2, -0.15) is 5.10 Å². The standard InChI is InChI=1S/C10H9F2N3O/c1-15-10(13)5(4-14-15)8-6(11)2-3-7(16)9(8)12/h2-4,16H,13H2,1H3. The lowest BCUT2D eigenvalue weighted by atomic mass is 10.1. The van der Waals surface area contributed by atoms with Gasteiger partial charge in [0.05, 0.1) is 11.8 Å². The number of hydrogen-bond acceptors (Lipinski definition) is 3. The number of nitrogen functional groups attached to an aromatic ring is 1. The van der Waals surface area contributed by atoms with Crippen molar-refractivity contribution in [2.45, 2.75) is 0 Å². The zero-order chi connectivity index (χ0) is 11.9. The Hall–Kier alpha value is -2.11. The fraction of sp³-hybridized carbons (Fsp3) is 0.100. The van der Waals surface area contributed by atoms with Crippen LogP contribution in [0.15, 0.2) is 18.3 Å². The maximum Gasteiger partial charge on any atom is 0.175 e. The summed E-state index contributed by atoms with van der Waals surface area (Å²) in [5.41, 5.74) is 5.36. The summed E-state index contributed by atoms with van der Waals surface area (Å²) in [5, 5.41) is 13.0. The Balaban J connectivity index is 2.73. The van der Waals surface area contributed by atoms with Crippen LogP contribution < -0.4 is 5.73 Å². The van der Waals surface area contributed by atoms with E-state index in [0.717, 1.165) is 12.1 Å². The molecule has 0 bridgehead atoms. The highest BCUT2D eigenvalue weighted by atomic mass is 19.1. The molecule has 1 heterocycles. The van der Waals surface area contributed by atoms with E-state index in [2.05, 4.69) is 5.10 Å². The Bertz CT molecular complexity index is 551. The van der Waals surface area contributed by atoms with Gasteiger partial charge in [0.25, 0.3) is 0 Å². The second-order valence-corrected chi connectivity index (χ2v) is 3.32. The predicted molar refractivity (Wildman–Crippen MR) is 54.6 cm³/mol. The first-order chi connectivity index (χ1) is 7.52. The minimum absolute atomic E-state index is 0.119. The SMILES string of the molecule is Cn1ncc(-c2c(F)ccc(O)c2F)c1N. The molecule has 0 saturated heterocycles. The number of aromatic nitrogens is 2. The molecule has 0 aliphatic carbocycles. The minimum Gasteiger partial charge on any atom is -0.505 e. The number of phenolic OH excluding ortho intramolecular Hbond substituents is 1. The van der Waals surface area contributed by atoms with Gasteiger partial charge in [-0.25, -0.2) is 8.78 Å². The molecular weight excluding hydrogens is 216 g/mol. The molecule has 2 rings (SSSR count). The normalized spacial score (nSPS) is 10.7. The molecule has 3 N–H and O–H groups in total. The van der Waals surface area contributed by atoms with Gasteiger partial charge in [-0.05, 0) is 12.1 Å². The second kappa shape index (κ2) is 3.48. The third kappa shape index (κ3) is 1.39. The Morgan fingerprint density at radius 1 is 1.38 bits per heavy atom. The summed E-state index contributed by atoms with van der Waals surface area (Å²) in [7, 11) is 1.55. The minimum atomic E-state index is -1.04. The molecule has 0 atom stereocenters. The van der Waals surface area contributed by atoms with Gasteiger partial charge < -0.3 is 10.8 Å². The number of aromatic hydroxyl groups is 1. The fourth-order valence-corrected chi connectivity index (χ4v) is 1.43. The first kappa shape index (κ1) is 10.4. The molecule has 1 aromatic carbocycles. The molecule has 0 amide bonds. The van der Waals surface area contributed by atoms with Crippen LogP contribution in [0.25, 0.3) is 11.1 Å². The topological polar surface area (TPSA) is 64.1 Å². The molecule has 0 radical (unpaired) electrons. The van der Waals surface area contributed by atoms with E-state index >= 15 is 0 Å². The average Bonchev–Trinajstić information content (AvgIpc) is 2.56. The molecule has 16 heavy (non-hydrogen) atoms. The van der Waals surface area contributed by atoms with Crippen LogP contribution in [0.5, 0.6) is 5.75 Å². The van der Waals surface area contributed by atoms with Gasteiger partial charge in [0.15, 0.2) is 11.6 Å². The zero-order valence-electron chi connectivity index (χ0n) is 8.41. The van der Waals surface area contributed by atoms with Crippen molar-refractivity contribution in [1.29, 1.82) is 0 Å². The summed E-state index contributed by atoms with van der Waals surface area (Å²) in [6.07, 6.45) is 1.25. The maximum atomic E-state index is 13.6. The van der Waals surface area contributed by atoms with E-state index in [1.54, 1.807) is 7.05 Å². The van der Waals surface area contributed by atoms with Crippen LogP contribution in [0.3, 0.4) is 0 Å². The van der Waals surface area contributed by atoms with Gasteiger partial charge in [-0.3, -0.25) is 4.68 Å². The summed E-state index contributed by atoms with van der Waals surface area (Å²) in [6, 6.07) is 1.92. The smallest absolute Gasteiger partial charge is 0.175 e. The van der Waals surface area contributed by atoms with Gasteiger partial charge >= 0.3 is 0 Å². The molecular formula is C10H9F2N3O. The first-order valence-corrected chi connectivity index (χ1v) is 4.47. The third-order valence-corrected chi connectivity index (χ3v) is 2.32. The second-order valence-electron chi connectivity index (χ2n) is 3.32. The molecule has 0 aliphatic rings. The van der Waals surface area contributed by atoms with E-state index in [0.29, 0.717) is 0 Å². The molecule has 4 nitrogen and oxygen atoms in total. The van der Waals surface area contributed by atoms with Crippen molar-refractivity contribution >= 4 is 5.82 Å². The van der Waals surface area contributed by atoms with Crippen molar-refractivity contribution in [3.8, 4) is 16.9 Å². The maximum absolute atomic E-state index is 13.6. The molecule has 1 aromatic heterocycles. The predicted octanol–water partition coefficient (Wildman–Crippen LogP) is 1.65. The van der Waals surface area contributed by atoms with Gasteiger partial charge in [0.2, 0.25) is 0 Å². The van der Waals surface area contributed by atoms with Crippen LogP contribution in [0.1, 0.15) is 0 Å². The number of phenols is 1. The van der Waals surface area contributed by atoms with E-state index < -0.39 is 17.4 Å². The van der Waals surface area contributed by atoms with Crippen molar-refractivity contribution in [3.05, 3.63) is 30.0 Å². The Morgan fingerprint density at radius 3 is 2.62 bits per heavy atom. The monoisotopic (exact) mass is 225 g/mol. The summed E-state index contributed by atoms with van der Waals surface area (Å²) < 4.78 is 28.3. The summed E-state index contributed by atoms with van der Waals surface area (Å²) in [6.45, 7) is 0. The lowest BCUT2D eigenvalue weighted by Crippen LogP contribution is -1.99. The summed E-state index contributed by atoms with van der Waals surface area (Å²) in [5.74, 6) is -2.34. The lowest BCUT2D eigenvalue weighted by molar-refractivity contribution is 0.429. The highest BCUT2D eigenvalue weighted by molar-refractivity contribution is 5.75. The van der Waals surface area contributed by atoms with Crippen molar-refractivity contribution in [2.24, 2.45) is 7.05 Å². The van der Waals surface area contributed by atoms with Crippen LogP contribution in [0.4, 0.5) is 14.6 Å². The number of benzene rings is 1. The first-order valence-electron chi connectivity index (χ1n) is 4.47. The number of hydrogen-bond donors (Lipinski definition) is 2. The number of nitrogens with two attached hydrogens (primary N) is 1. The van der Waals surface area contributed by atoms with Gasteiger partial charge in [0.1, 0.15) is 11.6 Å². The molecule has 0 saturated carbocycles. The summed E-state index contributed by atoms with van der Waals surface area (Å²) in [4.78, 5) is 0. The van der Waals surface area contributed by atoms with E-state index in [-0.39, 0.29) is 16.9 Å². The average molecular weight is 225 g/mol. The van der Waals surface area contributed by atoms with Crippen molar-refractivity contribution in [2.75, 3.05) is 5.73 Å². The van der Waals surface area contributed by atoms with Crippen LogP contribution in [-0.2, 0) is 7.05 Å². The largest absolute Gasteiger partial charge is 0.505 e. The van der Waals surface area contributed by atoms with Crippen LogP contribution in [-0.4, -0.2) is 14.9 Å². The van der Waals surface area contributed by atoms with E-state index in [4.69, 9.17) is 5.73 Å². The molecule has 2 aromatic rings. The number of halogens is 2. The molecule has 0 spiro atoms. The van der Waals surface area contributed by atoms with Gasteiger partial charge in [-0.15, -0.1) is 0 Å². The van der Waals surface area contributed by atoms with E-state index in [1.807, 2.05) is 0 Å². The van der Waals surface area contributed by atoms with Crippen LogP contribution >= 0.6 is 0 Å². The molecule has 0 aliphatic heterocycles. The molecule has 6 heteroatoms. The Morgan fingerprint density at radius 2 is 2.06 bits per heavy atom. The summed E-state index contributed by atoms with van der Waals surface area (Å²) >= 11 is 0. The van der Waals surface area contributed by atoms with E-state index in [9.17, 15) is 13.9 Å². The third-order valence-electron chi connectivity index (χ3n) is 2.32. The van der Waals surface area contributed by atoms with Crippen molar-refractivity contribution < 1.29 is 13.9 Å². The van der Waals surface area contributed by atoms with Crippen LogP contribution in [0.2, 0.25) is 0 Å². The highest BCUT2D eigenvalue weighted by Gasteiger charge is 2.19. The van der Waals surface area contributed by atoms with Crippen molar-refractivity contribution in [1.82, 2.24) is 9.78 Å². The van der Waals surface area contributed by atoms with Gasteiger partial charge in [0, 0.05) is 12.6 Å². The molecule has 0 unspecified atom stereocenters. The van der Waals surface area contributed by atoms with Gasteiger partial charge in [-0.1, -0.05) is 0 Å². The van der Waals surface area contributed by atoms with E-state index in [1.165, 1.54) is 10.9 Å². The Kier molecular flexibility index (Phi) is 2.26. The highest BCUT2D eigenvalue weighted by Crippen LogP contribution is 2.33. The van der Waals surface area contributed by atoms with Crippen molar-refractivity contribution in [3.63, 3.8) is 0 Å². The number of rotatable bonds is 1. The number of nitrogens with zero attached hydrogens (tertiary/aromatic N) is 2.